The van der Waals surface area contributed by atoms with Crippen molar-refractivity contribution in [3.8, 4) is 11.5 Å². The Morgan fingerprint density at radius 3 is 2.26 bits per heavy atom. The van der Waals surface area contributed by atoms with Crippen LogP contribution in [0.3, 0.4) is 0 Å². The number of hydrogen-bond donors (Lipinski definition) is 1. The largest absolute Gasteiger partial charge is 0.445 e. The van der Waals surface area contributed by atoms with Crippen LogP contribution in [0, 0.1) is 31.4 Å². The Labute approximate surface area is 221 Å². The molecule has 1 aromatic carbocycles. The minimum absolute atomic E-state index is 0.0275. The van der Waals surface area contributed by atoms with E-state index in [1.165, 1.54) is 4.90 Å². The molecule has 2 saturated carbocycles. The van der Waals surface area contributed by atoms with Gasteiger partial charge in [0.25, 0.3) is 17.3 Å². The lowest BCUT2D eigenvalue weighted by atomic mass is 9.81. The Bertz CT molecular complexity index is 1390. The van der Waals surface area contributed by atoms with Crippen LogP contribution in [0.1, 0.15) is 78.2 Å². The first-order chi connectivity index (χ1) is 17.9. The minimum Gasteiger partial charge on any atom is -0.445 e. The van der Waals surface area contributed by atoms with Crippen LogP contribution in [0.15, 0.2) is 10.9 Å². The number of H-pyrrole nitrogens is 1. The van der Waals surface area contributed by atoms with Gasteiger partial charge in [0.1, 0.15) is 0 Å². The van der Waals surface area contributed by atoms with E-state index in [-0.39, 0.29) is 47.2 Å². The van der Waals surface area contributed by atoms with Gasteiger partial charge in [-0.25, -0.2) is 8.78 Å². The molecule has 3 heterocycles. The molecule has 1 spiro atoms. The number of carbonyl (C=O) groups excluding carboxylic acids is 1. The highest BCUT2D eigenvalue weighted by Gasteiger charge is 2.58. The zero-order chi connectivity index (χ0) is 27.1. The van der Waals surface area contributed by atoms with E-state index in [0.717, 1.165) is 36.9 Å². The standard InChI is InChI=1S/C29H35F2N3O4/c1-15-12-16(2)32-26(35)19(15)13-34-14-29(10-11-29)21-20(27(34)36)22(30)24-25(23(21)31)38-28(3,37-24)17-6-8-18(9-7-17)33(4)5/h12,17-18H,6-11,13-14H2,1-5H3,(H,32,35)/t17?,18?,28-/m0/s1. The summed E-state index contributed by atoms with van der Waals surface area (Å²) in [6.07, 6.45) is 4.80. The molecule has 1 aromatic heterocycles. The molecule has 2 fully saturated rings. The highest BCUT2D eigenvalue weighted by Crippen LogP contribution is 2.59. The van der Waals surface area contributed by atoms with Crippen LogP contribution in [-0.4, -0.2) is 53.2 Å². The van der Waals surface area contributed by atoms with Gasteiger partial charge in [0.2, 0.25) is 11.5 Å². The summed E-state index contributed by atoms with van der Waals surface area (Å²) in [6, 6.07) is 2.30. The fraction of sp³-hybridized carbons (Fsp3) is 0.586. The van der Waals surface area contributed by atoms with E-state index in [1.54, 1.807) is 13.8 Å². The van der Waals surface area contributed by atoms with Crippen molar-refractivity contribution >= 4 is 5.91 Å². The maximum atomic E-state index is 16.2. The summed E-state index contributed by atoms with van der Waals surface area (Å²) in [4.78, 5) is 32.8. The predicted octanol–water partition coefficient (Wildman–Crippen LogP) is 4.57. The van der Waals surface area contributed by atoms with Crippen molar-refractivity contribution in [2.45, 2.75) is 83.1 Å². The van der Waals surface area contributed by atoms with Gasteiger partial charge in [0.15, 0.2) is 11.6 Å². The Kier molecular flexibility index (Phi) is 5.69. The maximum absolute atomic E-state index is 16.2. The Morgan fingerprint density at radius 1 is 1.05 bits per heavy atom. The Balaban J connectivity index is 1.35. The number of rotatable bonds is 4. The van der Waals surface area contributed by atoms with Gasteiger partial charge >= 0.3 is 0 Å². The average molecular weight is 528 g/mol. The molecule has 38 heavy (non-hydrogen) atoms. The molecule has 204 valence electrons. The maximum Gasteiger partial charge on any atom is 0.257 e. The van der Waals surface area contributed by atoms with Crippen molar-refractivity contribution < 1.29 is 23.0 Å². The number of ether oxygens (including phenoxy) is 2. The lowest BCUT2D eigenvalue weighted by molar-refractivity contribution is -0.125. The number of aromatic amines is 1. The molecule has 0 radical (unpaired) electrons. The first kappa shape index (κ1) is 25.3. The second kappa shape index (κ2) is 8.53. The van der Waals surface area contributed by atoms with Crippen LogP contribution in [-0.2, 0) is 12.0 Å². The zero-order valence-electron chi connectivity index (χ0n) is 22.7. The fourth-order valence-electron chi connectivity index (χ4n) is 6.87. The van der Waals surface area contributed by atoms with Gasteiger partial charge in [-0.05, 0) is 78.1 Å². The van der Waals surface area contributed by atoms with Gasteiger partial charge in [-0.1, -0.05) is 0 Å². The number of nitrogens with one attached hydrogen (secondary N) is 1. The van der Waals surface area contributed by atoms with E-state index in [9.17, 15) is 9.59 Å². The normalized spacial score (nSPS) is 27.3. The number of carbonyl (C=O) groups is 1. The van der Waals surface area contributed by atoms with E-state index >= 15 is 8.78 Å². The van der Waals surface area contributed by atoms with Crippen molar-refractivity contribution in [3.05, 3.63) is 56.0 Å². The molecule has 6 rings (SSSR count). The number of aromatic nitrogens is 1. The summed E-state index contributed by atoms with van der Waals surface area (Å²) >= 11 is 0. The molecule has 7 nitrogen and oxygen atoms in total. The molecule has 0 saturated heterocycles. The highest BCUT2D eigenvalue weighted by molar-refractivity contribution is 5.99. The number of aryl methyl sites for hydroxylation is 2. The summed E-state index contributed by atoms with van der Waals surface area (Å²) in [5, 5.41) is 0. The molecule has 1 amide bonds. The summed E-state index contributed by atoms with van der Waals surface area (Å²) in [5.74, 6) is -3.92. The van der Waals surface area contributed by atoms with Crippen LogP contribution in [0.2, 0.25) is 0 Å². The van der Waals surface area contributed by atoms with Crippen LogP contribution >= 0.6 is 0 Å². The Hall–Kier alpha value is -2.94. The first-order valence-electron chi connectivity index (χ1n) is 13.5. The third-order valence-electron chi connectivity index (χ3n) is 9.29. The second-order valence-corrected chi connectivity index (χ2v) is 12.1. The van der Waals surface area contributed by atoms with Crippen LogP contribution in [0.4, 0.5) is 8.78 Å². The molecule has 2 aliphatic carbocycles. The van der Waals surface area contributed by atoms with E-state index < -0.39 is 28.7 Å². The second-order valence-electron chi connectivity index (χ2n) is 12.1. The van der Waals surface area contributed by atoms with Crippen molar-refractivity contribution in [3.63, 3.8) is 0 Å². The fourth-order valence-corrected chi connectivity index (χ4v) is 6.87. The van der Waals surface area contributed by atoms with Crippen molar-refractivity contribution in [1.82, 2.24) is 14.8 Å². The van der Waals surface area contributed by atoms with Gasteiger partial charge in [-0.15, -0.1) is 0 Å². The number of fused-ring (bicyclic) bond motifs is 3. The number of nitrogens with zero attached hydrogens (tertiary/aromatic N) is 2. The summed E-state index contributed by atoms with van der Waals surface area (Å²) in [7, 11) is 4.12. The topological polar surface area (TPSA) is 74.9 Å². The lowest BCUT2D eigenvalue weighted by Crippen LogP contribution is -2.46. The van der Waals surface area contributed by atoms with Crippen LogP contribution < -0.4 is 15.0 Å². The minimum atomic E-state index is -1.20. The molecule has 4 aliphatic rings. The molecule has 1 N–H and O–H groups in total. The van der Waals surface area contributed by atoms with Crippen LogP contribution in [0.5, 0.6) is 11.5 Å². The molecule has 2 aliphatic heterocycles. The monoisotopic (exact) mass is 527 g/mol. The number of halogens is 2. The number of benzene rings is 1. The molecular formula is C29H35F2N3O4. The highest BCUT2D eigenvalue weighted by atomic mass is 19.1. The Morgan fingerprint density at radius 2 is 1.68 bits per heavy atom. The molecule has 1 atom stereocenters. The predicted molar refractivity (Wildman–Crippen MR) is 138 cm³/mol. The van der Waals surface area contributed by atoms with Crippen molar-refractivity contribution in [2.24, 2.45) is 5.92 Å². The van der Waals surface area contributed by atoms with Gasteiger partial charge in [0, 0.05) is 47.7 Å². The molecule has 9 heteroatoms. The smallest absolute Gasteiger partial charge is 0.257 e. The molecule has 0 unspecified atom stereocenters. The molecular weight excluding hydrogens is 492 g/mol. The average Bonchev–Trinajstić information content (AvgIpc) is 3.53. The molecule has 2 aromatic rings. The van der Waals surface area contributed by atoms with Crippen molar-refractivity contribution in [2.75, 3.05) is 20.6 Å². The van der Waals surface area contributed by atoms with E-state index in [1.807, 2.05) is 13.0 Å². The van der Waals surface area contributed by atoms with Crippen molar-refractivity contribution in [1.29, 1.82) is 0 Å². The van der Waals surface area contributed by atoms with E-state index in [0.29, 0.717) is 24.4 Å². The summed E-state index contributed by atoms with van der Waals surface area (Å²) in [5.41, 5.74) is 0.801. The van der Waals surface area contributed by atoms with E-state index in [4.69, 9.17) is 9.47 Å². The van der Waals surface area contributed by atoms with Gasteiger partial charge in [0.05, 0.1) is 12.1 Å². The summed E-state index contributed by atoms with van der Waals surface area (Å²) in [6.45, 7) is 5.62. The van der Waals surface area contributed by atoms with Crippen LogP contribution in [0.25, 0.3) is 0 Å². The van der Waals surface area contributed by atoms with Gasteiger partial charge in [-0.3, -0.25) is 9.59 Å². The number of pyridine rings is 1. The number of amides is 1. The lowest BCUT2D eigenvalue weighted by Gasteiger charge is -2.38. The zero-order valence-corrected chi connectivity index (χ0v) is 22.7. The first-order valence-corrected chi connectivity index (χ1v) is 13.5. The number of hydrogen-bond acceptors (Lipinski definition) is 5. The summed E-state index contributed by atoms with van der Waals surface area (Å²) < 4.78 is 44.5. The molecule has 0 bridgehead atoms. The quantitative estimate of drug-likeness (QED) is 0.631. The van der Waals surface area contributed by atoms with E-state index in [2.05, 4.69) is 24.0 Å². The van der Waals surface area contributed by atoms with Gasteiger partial charge < -0.3 is 24.3 Å². The third kappa shape index (κ3) is 3.76. The van der Waals surface area contributed by atoms with Gasteiger partial charge in [-0.2, -0.15) is 0 Å². The SMILES string of the molecule is Cc1cc(C)c(CN2CC3(CC3)c3c(F)c4c(c(F)c3C2=O)O[C@](C)(C2CCC(N(C)C)CC2)O4)c(=O)[nH]1. The third-order valence-corrected chi connectivity index (χ3v) is 9.29.